The van der Waals surface area contributed by atoms with E-state index in [1.165, 1.54) is 30.0 Å². The van der Waals surface area contributed by atoms with E-state index in [0.29, 0.717) is 38.3 Å². The zero-order valence-corrected chi connectivity index (χ0v) is 19.7. The Morgan fingerprint density at radius 2 is 1.86 bits per heavy atom. The largest absolute Gasteiger partial charge is 0.453 e. The van der Waals surface area contributed by atoms with Gasteiger partial charge in [-0.15, -0.1) is 15.3 Å². The minimum Gasteiger partial charge on any atom is -0.355 e. The number of benzene rings is 1. The number of aromatic nitrogens is 4. The number of piperidine rings is 1. The Labute approximate surface area is 201 Å². The van der Waals surface area contributed by atoms with Crippen LogP contribution in [0.25, 0.3) is 5.65 Å². The van der Waals surface area contributed by atoms with Crippen LogP contribution in [-0.2, 0) is 16.4 Å². The van der Waals surface area contributed by atoms with Gasteiger partial charge in [0, 0.05) is 31.0 Å². The average molecular weight is 487 g/mol. The number of rotatable bonds is 5. The van der Waals surface area contributed by atoms with Crippen LogP contribution in [-0.4, -0.2) is 45.4 Å². The van der Waals surface area contributed by atoms with Gasteiger partial charge in [0.15, 0.2) is 5.65 Å². The Kier molecular flexibility index (Phi) is 6.14. The van der Waals surface area contributed by atoms with Crippen molar-refractivity contribution in [2.24, 2.45) is 5.92 Å². The predicted octanol–water partition coefficient (Wildman–Crippen LogP) is 4.30. The number of nitrogens with one attached hydrogen (secondary N) is 1. The summed E-state index contributed by atoms with van der Waals surface area (Å²) in [5.41, 5.74) is 2.58. The van der Waals surface area contributed by atoms with Crippen LogP contribution in [0, 0.1) is 12.8 Å². The maximum atomic E-state index is 13.2. The summed E-state index contributed by atoms with van der Waals surface area (Å²) in [7, 11) is 0. The fourth-order valence-corrected chi connectivity index (χ4v) is 5.49. The van der Waals surface area contributed by atoms with E-state index >= 15 is 0 Å². The van der Waals surface area contributed by atoms with Gasteiger partial charge in [-0.25, -0.2) is 0 Å². The van der Waals surface area contributed by atoms with Gasteiger partial charge in [-0.05, 0) is 50.3 Å². The molecule has 186 valence electrons. The Hall–Kier alpha value is -3.17. The summed E-state index contributed by atoms with van der Waals surface area (Å²) in [6.45, 7) is 3.83. The van der Waals surface area contributed by atoms with E-state index in [9.17, 15) is 18.0 Å². The SMILES string of the molecule is Cc1cccc(C2(CNC(=O)C3CCN(c4ccc5nnc(C(F)(F)F)n5n4)CC3)CCCC2)c1. The summed E-state index contributed by atoms with van der Waals surface area (Å²) in [6.07, 6.45) is 1.10. The second kappa shape index (κ2) is 9.13. The van der Waals surface area contributed by atoms with Crippen molar-refractivity contribution in [2.45, 2.75) is 57.0 Å². The number of carbonyl (C=O) groups is 1. The third-order valence-electron chi connectivity index (χ3n) is 7.48. The predicted molar refractivity (Wildman–Crippen MR) is 125 cm³/mol. The van der Waals surface area contributed by atoms with Gasteiger partial charge in [0.05, 0.1) is 0 Å². The average Bonchev–Trinajstić information content (AvgIpc) is 3.50. The fourth-order valence-electron chi connectivity index (χ4n) is 5.49. The molecule has 1 aliphatic carbocycles. The molecule has 1 N–H and O–H groups in total. The quantitative estimate of drug-likeness (QED) is 0.582. The molecule has 1 amide bonds. The maximum Gasteiger partial charge on any atom is 0.453 e. The van der Waals surface area contributed by atoms with E-state index in [0.717, 1.165) is 17.4 Å². The Morgan fingerprint density at radius 3 is 2.54 bits per heavy atom. The van der Waals surface area contributed by atoms with Gasteiger partial charge >= 0.3 is 6.18 Å². The van der Waals surface area contributed by atoms with Gasteiger partial charge in [0.1, 0.15) is 5.82 Å². The lowest BCUT2D eigenvalue weighted by Gasteiger charge is -2.34. The summed E-state index contributed by atoms with van der Waals surface area (Å²) in [4.78, 5) is 15.0. The number of alkyl halides is 3. The standard InChI is InChI=1S/C25H29F3N6O/c1-17-5-4-6-19(15-17)24(11-2-3-12-24)16-29-22(35)18-9-13-33(14-10-18)21-8-7-20-30-31-23(25(26,27)28)34(20)32-21/h4-8,15,18H,2-3,9-14,16H2,1H3,(H,29,35). The smallest absolute Gasteiger partial charge is 0.355 e. The molecule has 35 heavy (non-hydrogen) atoms. The van der Waals surface area contributed by atoms with Gasteiger partial charge in [-0.3, -0.25) is 4.79 Å². The normalized spacial score (nSPS) is 18.8. The van der Waals surface area contributed by atoms with Crippen LogP contribution in [0.1, 0.15) is 55.5 Å². The van der Waals surface area contributed by atoms with E-state index in [4.69, 9.17) is 0 Å². The maximum absolute atomic E-state index is 13.2. The first-order chi connectivity index (χ1) is 16.7. The van der Waals surface area contributed by atoms with Gasteiger partial charge in [-0.1, -0.05) is 42.7 Å². The van der Waals surface area contributed by atoms with Crippen LogP contribution < -0.4 is 10.2 Å². The highest BCUT2D eigenvalue weighted by Crippen LogP contribution is 2.41. The summed E-state index contributed by atoms with van der Waals surface area (Å²) >= 11 is 0. The van der Waals surface area contributed by atoms with Gasteiger partial charge in [-0.2, -0.15) is 17.7 Å². The van der Waals surface area contributed by atoms with E-state index in [1.807, 2.05) is 4.90 Å². The van der Waals surface area contributed by atoms with Crippen molar-refractivity contribution in [2.75, 3.05) is 24.5 Å². The van der Waals surface area contributed by atoms with Crippen LogP contribution in [0.15, 0.2) is 36.4 Å². The third-order valence-corrected chi connectivity index (χ3v) is 7.48. The number of hydrogen-bond donors (Lipinski definition) is 1. The fraction of sp³-hybridized carbons (Fsp3) is 0.520. The monoisotopic (exact) mass is 486 g/mol. The van der Waals surface area contributed by atoms with E-state index < -0.39 is 12.0 Å². The molecule has 3 aromatic rings. The Bertz CT molecular complexity index is 1210. The van der Waals surface area contributed by atoms with E-state index in [1.54, 1.807) is 6.07 Å². The molecule has 1 saturated heterocycles. The molecule has 1 aromatic carbocycles. The molecule has 7 nitrogen and oxygen atoms in total. The zero-order valence-electron chi connectivity index (χ0n) is 19.7. The molecule has 2 aliphatic rings. The number of hydrogen-bond acceptors (Lipinski definition) is 5. The number of amides is 1. The molecule has 0 bridgehead atoms. The van der Waals surface area contributed by atoms with Gasteiger partial charge in [0.2, 0.25) is 5.91 Å². The van der Waals surface area contributed by atoms with E-state index in [-0.39, 0.29) is 22.9 Å². The molecular weight excluding hydrogens is 457 g/mol. The number of nitrogens with zero attached hydrogens (tertiary/aromatic N) is 5. The Morgan fingerprint density at radius 1 is 1.11 bits per heavy atom. The molecule has 2 fully saturated rings. The topological polar surface area (TPSA) is 75.4 Å². The Balaban J connectivity index is 1.21. The molecule has 0 unspecified atom stereocenters. The van der Waals surface area contributed by atoms with Crippen molar-refractivity contribution in [3.8, 4) is 0 Å². The first-order valence-electron chi connectivity index (χ1n) is 12.1. The highest BCUT2D eigenvalue weighted by molar-refractivity contribution is 5.79. The van der Waals surface area contributed by atoms with Crippen LogP contribution in [0.4, 0.5) is 19.0 Å². The lowest BCUT2D eigenvalue weighted by molar-refractivity contribution is -0.146. The molecule has 0 atom stereocenters. The van der Waals surface area contributed by atoms with Crippen molar-refractivity contribution in [3.63, 3.8) is 0 Å². The molecule has 0 radical (unpaired) electrons. The third kappa shape index (κ3) is 4.70. The minimum atomic E-state index is -4.63. The molecule has 5 rings (SSSR count). The second-order valence-electron chi connectivity index (χ2n) is 9.82. The number of carbonyl (C=O) groups excluding carboxylic acids is 1. The summed E-state index contributed by atoms with van der Waals surface area (Å²) < 4.78 is 40.3. The van der Waals surface area contributed by atoms with Crippen LogP contribution >= 0.6 is 0 Å². The molecule has 2 aromatic heterocycles. The molecule has 1 aliphatic heterocycles. The van der Waals surface area contributed by atoms with Crippen molar-refractivity contribution < 1.29 is 18.0 Å². The van der Waals surface area contributed by atoms with Crippen LogP contribution in [0.5, 0.6) is 0 Å². The number of aryl methyl sites for hydroxylation is 1. The number of halogens is 3. The first-order valence-corrected chi connectivity index (χ1v) is 12.1. The summed E-state index contributed by atoms with van der Waals surface area (Å²) in [6, 6.07) is 11.7. The molecular formula is C25H29F3N6O. The first kappa shape index (κ1) is 23.6. The molecule has 3 heterocycles. The van der Waals surface area contributed by atoms with Crippen LogP contribution in [0.3, 0.4) is 0 Å². The highest BCUT2D eigenvalue weighted by atomic mass is 19.4. The highest BCUT2D eigenvalue weighted by Gasteiger charge is 2.39. The molecule has 0 spiro atoms. The van der Waals surface area contributed by atoms with Crippen molar-refractivity contribution >= 4 is 17.4 Å². The minimum absolute atomic E-state index is 0.00324. The van der Waals surface area contributed by atoms with Crippen LogP contribution in [0.2, 0.25) is 0 Å². The van der Waals surface area contributed by atoms with E-state index in [2.05, 4.69) is 51.8 Å². The second-order valence-corrected chi connectivity index (χ2v) is 9.82. The zero-order chi connectivity index (χ0) is 24.6. The van der Waals surface area contributed by atoms with Crippen molar-refractivity contribution in [3.05, 3.63) is 53.3 Å². The molecule has 10 heteroatoms. The summed E-state index contributed by atoms with van der Waals surface area (Å²) in [5, 5.41) is 14.1. The van der Waals surface area contributed by atoms with Crippen molar-refractivity contribution in [1.82, 2.24) is 25.1 Å². The van der Waals surface area contributed by atoms with Gasteiger partial charge in [0.25, 0.3) is 5.82 Å². The molecule has 1 saturated carbocycles. The number of fused-ring (bicyclic) bond motifs is 1. The van der Waals surface area contributed by atoms with Crippen molar-refractivity contribution in [1.29, 1.82) is 0 Å². The lowest BCUT2D eigenvalue weighted by atomic mass is 9.78. The summed E-state index contributed by atoms with van der Waals surface area (Å²) in [5.74, 6) is -0.777. The van der Waals surface area contributed by atoms with Gasteiger partial charge < -0.3 is 10.2 Å². The lowest BCUT2D eigenvalue weighted by Crippen LogP contribution is -2.45. The number of anilines is 1.